The van der Waals surface area contributed by atoms with Gasteiger partial charge in [0, 0.05) is 50.9 Å². The van der Waals surface area contributed by atoms with E-state index < -0.39 is 0 Å². The zero-order chi connectivity index (χ0) is 20.1. The fraction of sp³-hybridized carbons (Fsp3) is 0.636. The molecular weight excluding hydrogens is 370 g/mol. The monoisotopic (exact) mass is 401 g/mol. The summed E-state index contributed by atoms with van der Waals surface area (Å²) in [6.07, 6.45) is 9.16. The van der Waals surface area contributed by atoms with Gasteiger partial charge in [0.05, 0.1) is 25.5 Å². The maximum atomic E-state index is 12.6. The predicted molar refractivity (Wildman–Crippen MR) is 109 cm³/mol. The van der Waals surface area contributed by atoms with Gasteiger partial charge in [0.1, 0.15) is 18.0 Å². The van der Waals surface area contributed by atoms with E-state index in [0.29, 0.717) is 12.5 Å². The highest BCUT2D eigenvalue weighted by Crippen LogP contribution is 2.39. The third-order valence-corrected chi connectivity index (χ3v) is 6.01. The summed E-state index contributed by atoms with van der Waals surface area (Å²) in [5.41, 5.74) is -0.323. The molecule has 7 nitrogen and oxygen atoms in total. The summed E-state index contributed by atoms with van der Waals surface area (Å²) in [6.45, 7) is 8.35. The van der Waals surface area contributed by atoms with Gasteiger partial charge in [0.2, 0.25) is 5.91 Å². The molecule has 7 heteroatoms. The number of carbonyl (C=O) groups excluding carboxylic acids is 1. The molecule has 3 aliphatic heterocycles. The lowest BCUT2D eigenvalue weighted by Gasteiger charge is -2.33. The van der Waals surface area contributed by atoms with Crippen LogP contribution in [0.15, 0.2) is 36.7 Å². The zero-order valence-electron chi connectivity index (χ0n) is 17.2. The van der Waals surface area contributed by atoms with Crippen molar-refractivity contribution < 1.29 is 19.0 Å². The fourth-order valence-corrected chi connectivity index (χ4v) is 4.48. The van der Waals surface area contributed by atoms with Crippen LogP contribution < -0.4 is 4.74 Å². The standard InChI is InChI=1S/C22H31N3O4/c1-22(17-28-19-4-2-7-23-15-19)14-18-16-25(9-6-20(18)29-22)21(26)5-3-8-24-10-12-27-13-11-24/h2-5,7,15,18,20H,6,8-14,16-17H2,1H3/b5-3+/t18-,20+,22-/m1/s1. The van der Waals surface area contributed by atoms with Crippen LogP contribution in [0, 0.1) is 5.92 Å². The zero-order valence-corrected chi connectivity index (χ0v) is 17.2. The molecule has 0 aliphatic carbocycles. The maximum Gasteiger partial charge on any atom is 0.246 e. The number of hydrogen-bond donors (Lipinski definition) is 0. The van der Waals surface area contributed by atoms with Gasteiger partial charge in [0.15, 0.2) is 0 Å². The van der Waals surface area contributed by atoms with E-state index in [4.69, 9.17) is 14.2 Å². The van der Waals surface area contributed by atoms with Crippen molar-refractivity contribution in [3.8, 4) is 5.75 Å². The molecule has 158 valence electrons. The second-order valence-electron chi connectivity index (χ2n) is 8.44. The Morgan fingerprint density at radius 2 is 2.24 bits per heavy atom. The lowest BCUT2D eigenvalue weighted by Crippen LogP contribution is -2.44. The lowest BCUT2D eigenvalue weighted by molar-refractivity contribution is -0.130. The number of amides is 1. The fourth-order valence-electron chi connectivity index (χ4n) is 4.48. The van der Waals surface area contributed by atoms with Crippen LogP contribution in [0.3, 0.4) is 0 Å². The number of pyridine rings is 1. The van der Waals surface area contributed by atoms with Crippen molar-refractivity contribution >= 4 is 5.91 Å². The molecule has 3 aliphatic rings. The Labute approximate surface area is 172 Å². The van der Waals surface area contributed by atoms with E-state index >= 15 is 0 Å². The third-order valence-electron chi connectivity index (χ3n) is 6.01. The van der Waals surface area contributed by atoms with Crippen molar-refractivity contribution in [2.75, 3.05) is 52.5 Å². The summed E-state index contributed by atoms with van der Waals surface area (Å²) in [6, 6.07) is 3.77. The van der Waals surface area contributed by atoms with Crippen molar-refractivity contribution in [1.29, 1.82) is 0 Å². The van der Waals surface area contributed by atoms with Crippen molar-refractivity contribution in [3.63, 3.8) is 0 Å². The number of morpholine rings is 1. The summed E-state index contributed by atoms with van der Waals surface area (Å²) < 4.78 is 17.6. The molecule has 0 aromatic carbocycles. The summed E-state index contributed by atoms with van der Waals surface area (Å²) in [5.74, 6) is 1.23. The summed E-state index contributed by atoms with van der Waals surface area (Å²) in [7, 11) is 0. The number of aromatic nitrogens is 1. The van der Waals surface area contributed by atoms with Gasteiger partial charge >= 0.3 is 0 Å². The smallest absolute Gasteiger partial charge is 0.246 e. The molecule has 0 radical (unpaired) electrons. The molecule has 1 aromatic heterocycles. The van der Waals surface area contributed by atoms with Crippen LogP contribution in [0.25, 0.3) is 0 Å². The molecule has 3 saturated heterocycles. The molecule has 1 aromatic rings. The van der Waals surface area contributed by atoms with E-state index in [1.165, 1.54) is 0 Å². The quantitative estimate of drug-likeness (QED) is 0.677. The molecule has 0 bridgehead atoms. The Balaban J connectivity index is 1.25. The Hall–Kier alpha value is -1.96. The molecule has 0 spiro atoms. The number of ether oxygens (including phenoxy) is 3. The van der Waals surface area contributed by atoms with Gasteiger partial charge < -0.3 is 19.1 Å². The van der Waals surface area contributed by atoms with Crippen LogP contribution in [-0.4, -0.2) is 84.9 Å². The first-order valence-corrected chi connectivity index (χ1v) is 10.6. The molecule has 3 atom stereocenters. The van der Waals surface area contributed by atoms with Crippen molar-refractivity contribution in [1.82, 2.24) is 14.8 Å². The average Bonchev–Trinajstić information content (AvgIpc) is 3.09. The number of carbonyl (C=O) groups is 1. The van der Waals surface area contributed by atoms with Crippen molar-refractivity contribution in [2.45, 2.75) is 31.5 Å². The first-order valence-electron chi connectivity index (χ1n) is 10.6. The lowest BCUT2D eigenvalue weighted by atomic mass is 9.89. The van der Waals surface area contributed by atoms with Gasteiger partial charge in [-0.2, -0.15) is 0 Å². The number of hydrogen-bond acceptors (Lipinski definition) is 6. The highest BCUT2D eigenvalue weighted by molar-refractivity contribution is 5.87. The predicted octanol–water partition coefficient (Wildman–Crippen LogP) is 1.74. The van der Waals surface area contributed by atoms with Crippen molar-refractivity contribution in [2.24, 2.45) is 5.92 Å². The summed E-state index contributed by atoms with van der Waals surface area (Å²) in [5, 5.41) is 0. The van der Waals surface area contributed by atoms with Gasteiger partial charge in [-0.05, 0) is 31.9 Å². The van der Waals surface area contributed by atoms with E-state index in [2.05, 4.69) is 16.8 Å². The number of nitrogens with zero attached hydrogens (tertiary/aromatic N) is 3. The SMILES string of the molecule is C[C@]1(COc2cccnc2)C[C@@H]2CN(C(=O)/C=C/CN3CCOCC3)CC[C@@H]2O1. The average molecular weight is 402 g/mol. The molecule has 4 rings (SSSR count). The number of rotatable bonds is 6. The normalized spacial score (nSPS) is 30.4. The molecule has 29 heavy (non-hydrogen) atoms. The van der Waals surface area contributed by atoms with E-state index in [9.17, 15) is 4.79 Å². The number of fused-ring (bicyclic) bond motifs is 1. The van der Waals surface area contributed by atoms with Gasteiger partial charge in [-0.25, -0.2) is 0 Å². The number of piperidine rings is 1. The third kappa shape index (κ3) is 5.35. The Bertz CT molecular complexity index is 707. The van der Waals surface area contributed by atoms with E-state index in [1.54, 1.807) is 18.5 Å². The van der Waals surface area contributed by atoms with Crippen LogP contribution in [0.4, 0.5) is 0 Å². The van der Waals surface area contributed by atoms with E-state index in [0.717, 1.165) is 64.5 Å². The molecule has 4 heterocycles. The van der Waals surface area contributed by atoms with Crippen LogP contribution in [0.1, 0.15) is 19.8 Å². The van der Waals surface area contributed by atoms with E-state index in [1.807, 2.05) is 23.1 Å². The van der Waals surface area contributed by atoms with Crippen LogP contribution in [-0.2, 0) is 14.3 Å². The van der Waals surface area contributed by atoms with Crippen molar-refractivity contribution in [3.05, 3.63) is 36.7 Å². The van der Waals surface area contributed by atoms with Gasteiger partial charge in [-0.3, -0.25) is 14.7 Å². The summed E-state index contributed by atoms with van der Waals surface area (Å²) in [4.78, 5) is 21.0. The molecule has 1 amide bonds. The first kappa shape index (κ1) is 20.3. The maximum absolute atomic E-state index is 12.6. The Morgan fingerprint density at radius 3 is 3.03 bits per heavy atom. The van der Waals surface area contributed by atoms with Crippen LogP contribution >= 0.6 is 0 Å². The minimum Gasteiger partial charge on any atom is -0.489 e. The minimum atomic E-state index is -0.323. The van der Waals surface area contributed by atoms with E-state index in [-0.39, 0.29) is 17.6 Å². The van der Waals surface area contributed by atoms with Gasteiger partial charge in [-0.15, -0.1) is 0 Å². The van der Waals surface area contributed by atoms with Gasteiger partial charge in [-0.1, -0.05) is 6.08 Å². The molecular formula is C22H31N3O4. The van der Waals surface area contributed by atoms with Crippen LogP contribution in [0.5, 0.6) is 5.75 Å². The molecule has 3 fully saturated rings. The highest BCUT2D eigenvalue weighted by Gasteiger charge is 2.46. The molecule has 0 saturated carbocycles. The molecule has 0 unspecified atom stereocenters. The topological polar surface area (TPSA) is 64.1 Å². The molecule has 0 N–H and O–H groups in total. The number of likely N-dealkylation sites (tertiary alicyclic amines) is 1. The highest BCUT2D eigenvalue weighted by atomic mass is 16.6. The first-order chi connectivity index (χ1) is 14.1. The second-order valence-corrected chi connectivity index (χ2v) is 8.44. The Kier molecular flexibility index (Phi) is 6.47. The van der Waals surface area contributed by atoms with Crippen LogP contribution in [0.2, 0.25) is 0 Å². The largest absolute Gasteiger partial charge is 0.489 e. The summed E-state index contributed by atoms with van der Waals surface area (Å²) >= 11 is 0. The second kappa shape index (κ2) is 9.24. The van der Waals surface area contributed by atoms with Gasteiger partial charge in [0.25, 0.3) is 0 Å². The Morgan fingerprint density at radius 1 is 1.38 bits per heavy atom. The minimum absolute atomic E-state index is 0.108.